The number of hydrogen-bond acceptors (Lipinski definition) is 4. The van der Waals surface area contributed by atoms with Crippen molar-refractivity contribution in [2.45, 2.75) is 18.7 Å². The van der Waals surface area contributed by atoms with Gasteiger partial charge in [0, 0.05) is 6.92 Å². The van der Waals surface area contributed by atoms with E-state index in [0.717, 1.165) is 6.92 Å². The van der Waals surface area contributed by atoms with Gasteiger partial charge in [0.25, 0.3) is 10.0 Å². The van der Waals surface area contributed by atoms with Gasteiger partial charge in [-0.05, 0) is 19.1 Å². The molecular weight excluding hydrogens is 242 g/mol. The van der Waals surface area contributed by atoms with Gasteiger partial charge in [0.1, 0.15) is 5.78 Å². The van der Waals surface area contributed by atoms with Crippen LogP contribution in [-0.4, -0.2) is 31.0 Å². The van der Waals surface area contributed by atoms with Gasteiger partial charge in [-0.3, -0.25) is 9.59 Å². The zero-order valence-electron chi connectivity index (χ0n) is 9.58. The minimum atomic E-state index is -3.93. The molecular formula is C11H13NO4S. The lowest BCUT2D eigenvalue weighted by atomic mass is 10.4. The SMILES string of the molecule is CC(=O)CN(C(C)=O)S(=O)(=O)c1ccccc1. The number of Topliss-reactive ketones (excluding diaryl/α,β-unsaturated/α-hetero) is 1. The van der Waals surface area contributed by atoms with E-state index in [2.05, 4.69) is 0 Å². The van der Waals surface area contributed by atoms with Crippen LogP contribution in [0.25, 0.3) is 0 Å². The summed E-state index contributed by atoms with van der Waals surface area (Å²) in [5.74, 6) is -1.07. The molecule has 5 nitrogen and oxygen atoms in total. The topological polar surface area (TPSA) is 71.5 Å². The second-order valence-corrected chi connectivity index (χ2v) is 5.41. The lowest BCUT2D eigenvalue weighted by molar-refractivity contribution is -0.128. The number of carbonyl (C=O) groups excluding carboxylic acids is 2. The molecule has 0 bridgehead atoms. The third-order valence-electron chi connectivity index (χ3n) is 2.05. The number of hydrogen-bond donors (Lipinski definition) is 0. The molecule has 0 atom stereocenters. The first-order chi connectivity index (χ1) is 7.85. The first-order valence-electron chi connectivity index (χ1n) is 4.93. The molecule has 1 aromatic carbocycles. The molecule has 92 valence electrons. The van der Waals surface area contributed by atoms with Gasteiger partial charge in [0.05, 0.1) is 11.4 Å². The number of ketones is 1. The van der Waals surface area contributed by atoms with Crippen LogP contribution in [0.1, 0.15) is 13.8 Å². The van der Waals surface area contributed by atoms with Crippen molar-refractivity contribution in [2.75, 3.05) is 6.54 Å². The molecule has 0 aromatic heterocycles. The van der Waals surface area contributed by atoms with Crippen molar-refractivity contribution >= 4 is 21.7 Å². The van der Waals surface area contributed by atoms with E-state index in [-0.39, 0.29) is 10.7 Å². The molecule has 0 aliphatic heterocycles. The number of rotatable bonds is 4. The monoisotopic (exact) mass is 255 g/mol. The quantitative estimate of drug-likeness (QED) is 0.798. The van der Waals surface area contributed by atoms with Gasteiger partial charge in [-0.2, -0.15) is 0 Å². The minimum Gasteiger partial charge on any atom is -0.298 e. The van der Waals surface area contributed by atoms with Crippen LogP contribution < -0.4 is 0 Å². The minimum absolute atomic E-state index is 0.00329. The fraction of sp³-hybridized carbons (Fsp3) is 0.273. The summed E-state index contributed by atoms with van der Waals surface area (Å²) in [6.07, 6.45) is 0. The van der Waals surface area contributed by atoms with E-state index in [4.69, 9.17) is 0 Å². The highest BCUT2D eigenvalue weighted by Crippen LogP contribution is 2.15. The smallest absolute Gasteiger partial charge is 0.266 e. The molecule has 0 aliphatic rings. The zero-order valence-corrected chi connectivity index (χ0v) is 10.4. The van der Waals surface area contributed by atoms with E-state index >= 15 is 0 Å². The Bertz CT molecular complexity index is 522. The van der Waals surface area contributed by atoms with E-state index in [0.29, 0.717) is 4.31 Å². The van der Waals surface area contributed by atoms with Crippen molar-refractivity contribution in [3.8, 4) is 0 Å². The van der Waals surface area contributed by atoms with Gasteiger partial charge in [-0.1, -0.05) is 18.2 Å². The molecule has 1 amide bonds. The lowest BCUT2D eigenvalue weighted by Crippen LogP contribution is -2.38. The van der Waals surface area contributed by atoms with E-state index < -0.39 is 22.5 Å². The maximum absolute atomic E-state index is 12.1. The predicted molar refractivity (Wildman–Crippen MR) is 61.7 cm³/mol. The Labute approximate surface area is 100 Å². The van der Waals surface area contributed by atoms with Crippen molar-refractivity contribution in [1.82, 2.24) is 4.31 Å². The maximum Gasteiger partial charge on any atom is 0.266 e. The number of benzene rings is 1. The fourth-order valence-corrected chi connectivity index (χ4v) is 2.73. The Morgan fingerprint density at radius 1 is 1.12 bits per heavy atom. The fourth-order valence-electron chi connectivity index (χ4n) is 1.29. The number of sulfonamides is 1. The van der Waals surface area contributed by atoms with E-state index in [1.807, 2.05) is 0 Å². The van der Waals surface area contributed by atoms with Gasteiger partial charge in [0.2, 0.25) is 5.91 Å². The Hall–Kier alpha value is -1.69. The van der Waals surface area contributed by atoms with E-state index in [1.165, 1.54) is 19.1 Å². The third-order valence-corrected chi connectivity index (χ3v) is 3.88. The van der Waals surface area contributed by atoms with Crippen LogP contribution in [0.5, 0.6) is 0 Å². The summed E-state index contributed by atoms with van der Waals surface area (Å²) >= 11 is 0. The Balaban J connectivity index is 3.19. The summed E-state index contributed by atoms with van der Waals surface area (Å²) in [5, 5.41) is 0. The highest BCUT2D eigenvalue weighted by molar-refractivity contribution is 7.89. The molecule has 0 radical (unpaired) electrons. The van der Waals surface area contributed by atoms with Gasteiger partial charge in [-0.15, -0.1) is 0 Å². The Morgan fingerprint density at radius 3 is 2.06 bits per heavy atom. The molecule has 0 aliphatic carbocycles. The van der Waals surface area contributed by atoms with Crippen LogP contribution in [0.3, 0.4) is 0 Å². The van der Waals surface area contributed by atoms with Crippen LogP contribution in [0.15, 0.2) is 35.2 Å². The zero-order chi connectivity index (χ0) is 13.1. The van der Waals surface area contributed by atoms with Crippen LogP contribution in [-0.2, 0) is 19.6 Å². The molecule has 17 heavy (non-hydrogen) atoms. The van der Waals surface area contributed by atoms with E-state index in [9.17, 15) is 18.0 Å². The second-order valence-electron chi connectivity index (χ2n) is 3.55. The molecule has 0 heterocycles. The maximum atomic E-state index is 12.1. The molecule has 0 unspecified atom stereocenters. The van der Waals surface area contributed by atoms with Crippen LogP contribution in [0.2, 0.25) is 0 Å². The van der Waals surface area contributed by atoms with Crippen molar-refractivity contribution in [3.63, 3.8) is 0 Å². The van der Waals surface area contributed by atoms with Gasteiger partial charge in [-0.25, -0.2) is 12.7 Å². The number of nitrogens with zero attached hydrogens (tertiary/aromatic N) is 1. The summed E-state index contributed by atoms with van der Waals surface area (Å²) in [6, 6.07) is 7.54. The average Bonchev–Trinajstić information content (AvgIpc) is 2.26. The van der Waals surface area contributed by atoms with Crippen molar-refractivity contribution in [3.05, 3.63) is 30.3 Å². The highest BCUT2D eigenvalue weighted by Gasteiger charge is 2.27. The van der Waals surface area contributed by atoms with Crippen LogP contribution in [0, 0.1) is 0 Å². The second kappa shape index (κ2) is 5.09. The van der Waals surface area contributed by atoms with Crippen molar-refractivity contribution in [1.29, 1.82) is 0 Å². The van der Waals surface area contributed by atoms with Crippen LogP contribution in [0.4, 0.5) is 0 Å². The Kier molecular flexibility index (Phi) is 4.01. The molecule has 0 saturated heterocycles. The van der Waals surface area contributed by atoms with Crippen molar-refractivity contribution < 1.29 is 18.0 Å². The van der Waals surface area contributed by atoms with Gasteiger partial charge >= 0.3 is 0 Å². The van der Waals surface area contributed by atoms with E-state index in [1.54, 1.807) is 18.2 Å². The van der Waals surface area contributed by atoms with Gasteiger partial charge < -0.3 is 0 Å². The average molecular weight is 255 g/mol. The number of carbonyl (C=O) groups is 2. The highest BCUT2D eigenvalue weighted by atomic mass is 32.2. The standard InChI is InChI=1S/C11H13NO4S/c1-9(13)8-12(10(2)14)17(15,16)11-6-4-3-5-7-11/h3-7H,8H2,1-2H3. The summed E-state index contributed by atoms with van der Waals surface area (Å²) in [6.45, 7) is 1.91. The molecule has 6 heteroatoms. The molecule has 0 N–H and O–H groups in total. The normalized spacial score (nSPS) is 10.9. The summed E-state index contributed by atoms with van der Waals surface area (Å²) < 4.78 is 24.7. The summed E-state index contributed by atoms with van der Waals surface area (Å²) in [4.78, 5) is 22.3. The Morgan fingerprint density at radius 2 is 1.65 bits per heavy atom. The lowest BCUT2D eigenvalue weighted by Gasteiger charge is -2.19. The largest absolute Gasteiger partial charge is 0.298 e. The first-order valence-corrected chi connectivity index (χ1v) is 6.37. The molecule has 0 fully saturated rings. The first kappa shape index (κ1) is 13.4. The summed E-state index contributed by atoms with van der Waals surface area (Å²) in [5.41, 5.74) is 0. The molecule has 1 aromatic rings. The number of amides is 1. The third kappa shape index (κ3) is 3.13. The van der Waals surface area contributed by atoms with Crippen molar-refractivity contribution in [2.24, 2.45) is 0 Å². The molecule has 0 spiro atoms. The summed E-state index contributed by atoms with van der Waals surface area (Å²) in [7, 11) is -3.93. The molecule has 1 rings (SSSR count). The molecule has 0 saturated carbocycles. The predicted octanol–water partition coefficient (Wildman–Crippen LogP) is 0.813. The van der Waals surface area contributed by atoms with Crippen LogP contribution >= 0.6 is 0 Å². The van der Waals surface area contributed by atoms with Gasteiger partial charge in [0.15, 0.2) is 0 Å².